The predicted molar refractivity (Wildman–Crippen MR) is 128 cm³/mol. The van der Waals surface area contributed by atoms with E-state index in [0.717, 1.165) is 73.6 Å². The van der Waals surface area contributed by atoms with Gasteiger partial charge in [-0.1, -0.05) is 31.5 Å². The minimum absolute atomic E-state index is 0.282. The molecule has 170 valence electrons. The zero-order valence-corrected chi connectivity index (χ0v) is 19.1. The van der Waals surface area contributed by atoms with Gasteiger partial charge in [0.15, 0.2) is 0 Å². The van der Waals surface area contributed by atoms with Gasteiger partial charge in [-0.15, -0.1) is 0 Å². The van der Waals surface area contributed by atoms with Crippen LogP contribution in [-0.2, 0) is 17.9 Å². The van der Waals surface area contributed by atoms with Gasteiger partial charge in [0.25, 0.3) is 0 Å². The normalized spacial score (nSPS) is 14.8. The number of anilines is 1. The number of fused-ring (bicyclic) bond motifs is 1. The van der Waals surface area contributed by atoms with Gasteiger partial charge in [0.2, 0.25) is 0 Å². The number of rotatable bonds is 9. The second kappa shape index (κ2) is 10.7. The lowest BCUT2D eigenvalue weighted by Crippen LogP contribution is -2.46. The Bertz CT molecular complexity index is 1030. The second-order valence-corrected chi connectivity index (χ2v) is 8.28. The number of benzene rings is 2. The van der Waals surface area contributed by atoms with Crippen LogP contribution in [-0.4, -0.2) is 54.9 Å². The second-order valence-electron chi connectivity index (χ2n) is 8.28. The predicted octanol–water partition coefficient (Wildman–Crippen LogP) is 4.59. The lowest BCUT2D eigenvalue weighted by atomic mass is 10.0. The molecule has 0 aliphatic carbocycles. The number of aromatic hydroxyl groups is 1. The van der Waals surface area contributed by atoms with Crippen molar-refractivity contribution in [3.63, 3.8) is 0 Å². The van der Waals surface area contributed by atoms with Crippen molar-refractivity contribution < 1.29 is 14.6 Å². The van der Waals surface area contributed by atoms with Crippen molar-refractivity contribution >= 4 is 16.6 Å². The number of piperazine rings is 1. The maximum absolute atomic E-state index is 11.0. The quantitative estimate of drug-likeness (QED) is 0.496. The largest absolute Gasteiger partial charge is 0.505 e. The van der Waals surface area contributed by atoms with E-state index in [1.165, 1.54) is 0 Å². The van der Waals surface area contributed by atoms with Crippen LogP contribution in [0, 0.1) is 0 Å². The van der Waals surface area contributed by atoms with Crippen LogP contribution in [0.5, 0.6) is 11.5 Å². The van der Waals surface area contributed by atoms with E-state index in [2.05, 4.69) is 39.9 Å². The van der Waals surface area contributed by atoms with E-state index in [-0.39, 0.29) is 5.75 Å². The van der Waals surface area contributed by atoms with Crippen LogP contribution in [0.25, 0.3) is 10.9 Å². The van der Waals surface area contributed by atoms with E-state index in [0.29, 0.717) is 18.7 Å². The molecule has 0 spiro atoms. The number of para-hydroxylation sites is 2. The highest BCUT2D eigenvalue weighted by molar-refractivity contribution is 5.88. The Labute approximate surface area is 190 Å². The van der Waals surface area contributed by atoms with Crippen molar-refractivity contribution in [1.82, 2.24) is 9.88 Å². The lowest BCUT2D eigenvalue weighted by molar-refractivity contribution is 0.119. The summed E-state index contributed by atoms with van der Waals surface area (Å²) in [5.74, 6) is 1.19. The first kappa shape index (κ1) is 22.4. The molecule has 0 unspecified atom stereocenters. The number of aromatic nitrogens is 1. The number of phenolic OH excluding ortho intramolecular Hbond substituents is 1. The zero-order valence-electron chi connectivity index (χ0n) is 19.1. The van der Waals surface area contributed by atoms with Gasteiger partial charge < -0.3 is 19.5 Å². The molecular weight excluding hydrogens is 402 g/mol. The number of nitrogens with zero attached hydrogens (tertiary/aromatic N) is 3. The van der Waals surface area contributed by atoms with E-state index in [1.54, 1.807) is 13.3 Å². The summed E-state index contributed by atoms with van der Waals surface area (Å²) in [6.07, 6.45) is 3.90. The zero-order chi connectivity index (χ0) is 22.3. The average Bonchev–Trinajstić information content (AvgIpc) is 2.85. The third-order valence-electron chi connectivity index (χ3n) is 6.12. The van der Waals surface area contributed by atoms with Crippen LogP contribution >= 0.6 is 0 Å². The van der Waals surface area contributed by atoms with Crippen LogP contribution < -0.4 is 9.64 Å². The molecule has 1 aliphatic heterocycles. The van der Waals surface area contributed by atoms with Gasteiger partial charge in [-0.25, -0.2) is 0 Å². The Hall–Kier alpha value is -2.83. The Morgan fingerprint density at radius 2 is 1.84 bits per heavy atom. The van der Waals surface area contributed by atoms with Gasteiger partial charge in [-0.3, -0.25) is 9.88 Å². The fraction of sp³-hybridized carbons (Fsp3) is 0.423. The van der Waals surface area contributed by atoms with Crippen molar-refractivity contribution in [2.45, 2.75) is 32.9 Å². The molecule has 6 heteroatoms. The van der Waals surface area contributed by atoms with Crippen molar-refractivity contribution in [2.24, 2.45) is 0 Å². The monoisotopic (exact) mass is 435 g/mol. The SMILES string of the molecule is CCCCOCc1cc(CN2CCN(c3ccccc3OC)CC2)c(O)c2ncccc12. The molecule has 32 heavy (non-hydrogen) atoms. The molecule has 4 rings (SSSR count). The highest BCUT2D eigenvalue weighted by atomic mass is 16.5. The first-order chi connectivity index (χ1) is 15.7. The van der Waals surface area contributed by atoms with E-state index in [9.17, 15) is 5.11 Å². The summed E-state index contributed by atoms with van der Waals surface area (Å²) < 4.78 is 11.4. The summed E-state index contributed by atoms with van der Waals surface area (Å²) in [5, 5.41) is 11.9. The highest BCUT2D eigenvalue weighted by Crippen LogP contribution is 2.33. The smallest absolute Gasteiger partial charge is 0.146 e. The van der Waals surface area contributed by atoms with Crippen LogP contribution in [0.3, 0.4) is 0 Å². The van der Waals surface area contributed by atoms with Crippen molar-refractivity contribution in [1.29, 1.82) is 0 Å². The fourth-order valence-corrected chi connectivity index (χ4v) is 4.31. The topological polar surface area (TPSA) is 58.1 Å². The minimum atomic E-state index is 0.282. The van der Waals surface area contributed by atoms with Crippen LogP contribution in [0.2, 0.25) is 0 Å². The molecule has 2 heterocycles. The summed E-state index contributed by atoms with van der Waals surface area (Å²) in [6, 6.07) is 14.2. The van der Waals surface area contributed by atoms with E-state index in [4.69, 9.17) is 9.47 Å². The third-order valence-corrected chi connectivity index (χ3v) is 6.12. The van der Waals surface area contributed by atoms with E-state index >= 15 is 0 Å². The molecule has 1 N–H and O–H groups in total. The Morgan fingerprint density at radius 1 is 1.03 bits per heavy atom. The first-order valence-electron chi connectivity index (χ1n) is 11.5. The first-order valence-corrected chi connectivity index (χ1v) is 11.5. The number of hydrogen-bond donors (Lipinski definition) is 1. The summed E-state index contributed by atoms with van der Waals surface area (Å²) in [4.78, 5) is 9.22. The van der Waals surface area contributed by atoms with Gasteiger partial charge >= 0.3 is 0 Å². The van der Waals surface area contributed by atoms with Gasteiger partial charge in [-0.2, -0.15) is 0 Å². The molecule has 6 nitrogen and oxygen atoms in total. The van der Waals surface area contributed by atoms with Crippen LogP contribution in [0.4, 0.5) is 5.69 Å². The summed E-state index contributed by atoms with van der Waals surface area (Å²) in [5.41, 5.74) is 3.80. The molecule has 0 atom stereocenters. The maximum atomic E-state index is 11.0. The maximum Gasteiger partial charge on any atom is 0.146 e. The van der Waals surface area contributed by atoms with Crippen molar-refractivity contribution in [2.75, 3.05) is 44.8 Å². The molecule has 1 aromatic heterocycles. The van der Waals surface area contributed by atoms with Gasteiger partial charge in [0.05, 0.1) is 19.4 Å². The molecular formula is C26H33N3O3. The standard InChI is InChI=1S/C26H33N3O3/c1-3-4-16-32-19-21-17-20(26(30)25-22(21)8-7-11-27-25)18-28-12-14-29(15-13-28)23-9-5-6-10-24(23)31-2/h5-11,17,30H,3-4,12-16,18-19H2,1-2H3. The molecule has 0 saturated carbocycles. The summed E-state index contributed by atoms with van der Waals surface area (Å²) in [7, 11) is 1.72. The van der Waals surface area contributed by atoms with Gasteiger partial charge in [0.1, 0.15) is 17.0 Å². The number of methoxy groups -OCH3 is 1. The molecule has 0 radical (unpaired) electrons. The Morgan fingerprint density at radius 3 is 2.62 bits per heavy atom. The fourth-order valence-electron chi connectivity index (χ4n) is 4.31. The van der Waals surface area contributed by atoms with Crippen molar-refractivity contribution in [3.05, 3.63) is 59.8 Å². The summed E-state index contributed by atoms with van der Waals surface area (Å²) in [6.45, 7) is 7.81. The highest BCUT2D eigenvalue weighted by Gasteiger charge is 2.21. The minimum Gasteiger partial charge on any atom is -0.505 e. The number of hydrogen-bond acceptors (Lipinski definition) is 6. The molecule has 1 saturated heterocycles. The number of phenols is 1. The average molecular weight is 436 g/mol. The van der Waals surface area contributed by atoms with E-state index < -0.39 is 0 Å². The Balaban J connectivity index is 1.48. The summed E-state index contributed by atoms with van der Waals surface area (Å²) >= 11 is 0. The Kier molecular flexibility index (Phi) is 7.45. The van der Waals surface area contributed by atoms with Gasteiger partial charge in [-0.05, 0) is 36.2 Å². The third kappa shape index (κ3) is 4.97. The number of ether oxygens (including phenoxy) is 2. The lowest BCUT2D eigenvalue weighted by Gasteiger charge is -2.36. The van der Waals surface area contributed by atoms with E-state index in [1.807, 2.05) is 24.3 Å². The van der Waals surface area contributed by atoms with Crippen LogP contribution in [0.1, 0.15) is 30.9 Å². The molecule has 3 aromatic rings. The molecule has 0 bridgehead atoms. The molecule has 0 amide bonds. The number of unbranched alkanes of at least 4 members (excludes halogenated alkanes) is 1. The molecule has 1 fully saturated rings. The number of pyridine rings is 1. The van der Waals surface area contributed by atoms with Crippen molar-refractivity contribution in [3.8, 4) is 11.5 Å². The van der Waals surface area contributed by atoms with Crippen LogP contribution in [0.15, 0.2) is 48.7 Å². The van der Waals surface area contributed by atoms with Gasteiger partial charge in [0, 0.05) is 56.5 Å². The molecule has 2 aromatic carbocycles. The molecule has 1 aliphatic rings.